The lowest BCUT2D eigenvalue weighted by molar-refractivity contribution is 0.0112. The molecule has 0 saturated carbocycles. The quantitative estimate of drug-likeness (QED) is 0.0474. The molecule has 14 nitrogen and oxygen atoms in total. The molecule has 2 unspecified atom stereocenters. The smallest absolute Gasteiger partial charge is 0.208 e. The molecule has 1 heterocycles. The zero-order chi connectivity index (χ0) is 39.6. The van der Waals surface area contributed by atoms with Crippen molar-refractivity contribution in [1.82, 2.24) is 0 Å². The van der Waals surface area contributed by atoms with E-state index < -0.39 is 109 Å². The van der Waals surface area contributed by atoms with E-state index in [1.54, 1.807) is 78.9 Å². The number of aliphatic hydroxyl groups is 4. The Morgan fingerprint density at radius 2 is 0.804 bits per heavy atom. The van der Waals surface area contributed by atoms with Crippen molar-refractivity contribution in [2.24, 2.45) is 0 Å². The first-order chi connectivity index (χ1) is 26.8. The van der Waals surface area contributed by atoms with Gasteiger partial charge in [-0.25, -0.2) is 0 Å². The van der Waals surface area contributed by atoms with Crippen LogP contribution in [0, 0.1) is 0 Å². The number of furan rings is 1. The zero-order valence-corrected chi connectivity index (χ0v) is 28.4. The van der Waals surface area contributed by atoms with Crippen molar-refractivity contribution in [2.75, 3.05) is 0 Å². The Kier molecular flexibility index (Phi) is 7.10. The number of phenols is 9. The molecule has 1 aliphatic rings. The van der Waals surface area contributed by atoms with Gasteiger partial charge < -0.3 is 70.8 Å². The predicted octanol–water partition coefficient (Wildman–Crippen LogP) is 7.44. The molecule has 9 rings (SSSR count). The molecule has 7 aromatic carbocycles. The highest BCUT2D eigenvalue weighted by Gasteiger charge is 2.41. The number of rotatable bonds is 3. The van der Waals surface area contributed by atoms with Crippen molar-refractivity contribution >= 4 is 49.2 Å². The lowest BCUT2D eigenvalue weighted by atomic mass is 9.78. The minimum atomic E-state index is -2.05. The molecule has 0 fully saturated rings. The highest BCUT2D eigenvalue weighted by molar-refractivity contribution is 6.26. The van der Waals surface area contributed by atoms with Gasteiger partial charge in [-0.3, -0.25) is 0 Å². The normalized spacial score (nSPS) is 15.7. The largest absolute Gasteiger partial charge is 0.507 e. The van der Waals surface area contributed by atoms with Gasteiger partial charge in [-0.05, 0) is 27.1 Å². The Morgan fingerprint density at radius 3 is 1.34 bits per heavy atom. The summed E-state index contributed by atoms with van der Waals surface area (Å²) in [6.07, 6.45) is -4.02. The summed E-state index contributed by atoms with van der Waals surface area (Å²) in [4.78, 5) is 0. The molecular formula is C42H28O14. The van der Waals surface area contributed by atoms with Gasteiger partial charge in [0.1, 0.15) is 23.7 Å². The zero-order valence-electron chi connectivity index (χ0n) is 28.4. The van der Waals surface area contributed by atoms with Gasteiger partial charge in [-0.2, -0.15) is 0 Å². The maximum atomic E-state index is 12.3. The van der Waals surface area contributed by atoms with Crippen LogP contribution in [0.3, 0.4) is 0 Å². The Hall–Kier alpha value is -7.68. The average molecular weight is 757 g/mol. The van der Waals surface area contributed by atoms with E-state index in [0.717, 1.165) is 0 Å². The molecule has 0 saturated heterocycles. The minimum Gasteiger partial charge on any atom is -0.507 e. The van der Waals surface area contributed by atoms with Crippen LogP contribution in [0.15, 0.2) is 89.0 Å². The van der Waals surface area contributed by atoms with E-state index in [1.807, 2.05) is 0 Å². The van der Waals surface area contributed by atoms with Gasteiger partial charge in [0.15, 0.2) is 45.7 Å². The van der Waals surface area contributed by atoms with Gasteiger partial charge >= 0.3 is 0 Å². The fraction of sp³-hybridized carbons (Fsp3) is 0.0476. The summed E-state index contributed by atoms with van der Waals surface area (Å²) >= 11 is 0. The first kappa shape index (κ1) is 34.1. The van der Waals surface area contributed by atoms with Crippen LogP contribution in [0.25, 0.3) is 82.6 Å². The molecular weight excluding hydrogens is 728 g/mol. The van der Waals surface area contributed by atoms with Crippen LogP contribution in [-0.2, 0) is 0 Å². The number of hydrogen-bond acceptors (Lipinski definition) is 14. The van der Waals surface area contributed by atoms with E-state index in [0.29, 0.717) is 5.56 Å². The van der Waals surface area contributed by atoms with Gasteiger partial charge in [-0.1, -0.05) is 78.9 Å². The summed E-state index contributed by atoms with van der Waals surface area (Å²) < 4.78 is 5.67. The summed E-state index contributed by atoms with van der Waals surface area (Å²) in [6, 6.07) is 21.0. The highest BCUT2D eigenvalue weighted by Crippen LogP contribution is 2.61. The molecule has 2 atom stereocenters. The second kappa shape index (κ2) is 11.7. The Labute approximate surface area is 312 Å². The molecule has 0 radical (unpaired) electrons. The van der Waals surface area contributed by atoms with Crippen LogP contribution in [0.1, 0.15) is 17.2 Å². The van der Waals surface area contributed by atoms with Gasteiger partial charge in [-0.15, -0.1) is 0 Å². The summed E-state index contributed by atoms with van der Waals surface area (Å²) in [6.45, 7) is 0. The highest BCUT2D eigenvalue weighted by atomic mass is 16.4. The number of hydrogen-bond donors (Lipinski definition) is 13. The Balaban J connectivity index is 1.45. The first-order valence-electron chi connectivity index (χ1n) is 16.9. The van der Waals surface area contributed by atoms with Crippen molar-refractivity contribution in [3.8, 4) is 85.1 Å². The number of aliphatic hydroxyl groups excluding tert-OH is 4. The molecule has 0 spiro atoms. The van der Waals surface area contributed by atoms with Crippen molar-refractivity contribution in [3.05, 3.63) is 95.7 Å². The third-order valence-electron chi connectivity index (χ3n) is 10.5. The van der Waals surface area contributed by atoms with E-state index in [2.05, 4.69) is 0 Å². The fourth-order valence-electron chi connectivity index (χ4n) is 8.01. The number of benzene rings is 7. The van der Waals surface area contributed by atoms with Crippen LogP contribution >= 0.6 is 0 Å². The Bertz CT molecular complexity index is 3020. The molecule has 1 aromatic heterocycles. The van der Waals surface area contributed by atoms with E-state index >= 15 is 0 Å². The second-order valence-corrected chi connectivity index (χ2v) is 13.4. The van der Waals surface area contributed by atoms with Crippen LogP contribution in [0.4, 0.5) is 0 Å². The topological polar surface area (TPSA) is 276 Å². The molecule has 13 N–H and O–H groups in total. The van der Waals surface area contributed by atoms with Gasteiger partial charge in [0.2, 0.25) is 17.2 Å². The van der Waals surface area contributed by atoms with Gasteiger partial charge in [0.25, 0.3) is 0 Å². The summed E-state index contributed by atoms with van der Waals surface area (Å²) in [7, 11) is 0. The SMILES string of the molecule is OC1=C(O)C(O)C(O)c2c(O)c(-c3c4ccccc4c(-c4c(O)c(O)c5c(oc6c(O)c(O)c(O)c(O)c65)c4O)c4ccccc34)c(O)c(-c3ccccc3)c21. The molecule has 0 bridgehead atoms. The number of phenolic OH excluding ortho intramolecular Hbond substituents is 9. The van der Waals surface area contributed by atoms with Gasteiger partial charge in [0.05, 0.1) is 21.9 Å². The number of aromatic hydroxyl groups is 9. The molecule has 0 amide bonds. The summed E-state index contributed by atoms with van der Waals surface area (Å²) in [5.41, 5.74) is -2.09. The number of fused-ring (bicyclic) bond motifs is 6. The summed E-state index contributed by atoms with van der Waals surface area (Å²) in [5, 5.41) is 145. The molecule has 8 aromatic rings. The third kappa shape index (κ3) is 4.21. The van der Waals surface area contributed by atoms with E-state index in [1.165, 1.54) is 0 Å². The van der Waals surface area contributed by atoms with Crippen LogP contribution in [-0.4, -0.2) is 72.5 Å². The lowest BCUT2D eigenvalue weighted by Gasteiger charge is -2.31. The molecule has 14 heteroatoms. The van der Waals surface area contributed by atoms with Crippen LogP contribution < -0.4 is 0 Å². The van der Waals surface area contributed by atoms with Crippen LogP contribution in [0.2, 0.25) is 0 Å². The maximum absolute atomic E-state index is 12.3. The third-order valence-corrected chi connectivity index (χ3v) is 10.5. The van der Waals surface area contributed by atoms with Gasteiger partial charge in [0, 0.05) is 27.8 Å². The van der Waals surface area contributed by atoms with Crippen molar-refractivity contribution in [3.63, 3.8) is 0 Å². The lowest BCUT2D eigenvalue weighted by Crippen LogP contribution is -2.27. The minimum absolute atomic E-state index is 0.0907. The van der Waals surface area contributed by atoms with E-state index in [9.17, 15) is 66.4 Å². The summed E-state index contributed by atoms with van der Waals surface area (Å²) in [5.74, 6) is -10.2. The average Bonchev–Trinajstić information content (AvgIpc) is 3.62. The fourth-order valence-corrected chi connectivity index (χ4v) is 8.01. The molecule has 1 aliphatic carbocycles. The van der Waals surface area contributed by atoms with Crippen molar-refractivity contribution in [2.45, 2.75) is 12.2 Å². The molecule has 56 heavy (non-hydrogen) atoms. The van der Waals surface area contributed by atoms with Crippen LogP contribution in [0.5, 0.6) is 51.7 Å². The molecule has 0 aliphatic heterocycles. The molecule has 280 valence electrons. The van der Waals surface area contributed by atoms with E-state index in [-0.39, 0.29) is 49.4 Å². The van der Waals surface area contributed by atoms with Crippen molar-refractivity contribution in [1.29, 1.82) is 0 Å². The second-order valence-electron chi connectivity index (χ2n) is 13.4. The Morgan fingerprint density at radius 1 is 0.357 bits per heavy atom. The predicted molar refractivity (Wildman–Crippen MR) is 203 cm³/mol. The monoisotopic (exact) mass is 756 g/mol. The van der Waals surface area contributed by atoms with Crippen molar-refractivity contribution < 1.29 is 70.8 Å². The first-order valence-corrected chi connectivity index (χ1v) is 16.9. The standard InChI is InChI=1S/C42H28O14/c43-28-19(14-8-2-1-3-9-14)22-25(32(47)37(52)36(51)30(22)45)29(44)23(28)20-15-10-4-6-12-17(15)21(18-13-7-5-11-16(18)20)24-31(46)33(48)26-27-34(49)38(53)39(54)40(55)42(27)56-41(26)35(24)50/h1-13,32,37,43-55H. The van der Waals surface area contributed by atoms with E-state index in [4.69, 9.17) is 4.42 Å². The maximum Gasteiger partial charge on any atom is 0.208 e.